The molecule has 1 saturated heterocycles. The molecule has 3 rings (SSSR count). The van der Waals surface area contributed by atoms with Crippen LogP contribution in [0.25, 0.3) is 0 Å². The van der Waals surface area contributed by atoms with Crippen molar-refractivity contribution in [1.29, 1.82) is 0 Å². The summed E-state index contributed by atoms with van der Waals surface area (Å²) in [6, 6.07) is 0. The number of guanidine groups is 1. The van der Waals surface area contributed by atoms with E-state index in [1.807, 2.05) is 7.05 Å². The van der Waals surface area contributed by atoms with Gasteiger partial charge in [0.25, 0.3) is 0 Å². The largest absolute Gasteiger partial charge is 0.382 e. The van der Waals surface area contributed by atoms with Crippen LogP contribution >= 0.6 is 0 Å². The number of methoxy groups -OCH3 is 1. The molecule has 1 N–H and O–H groups in total. The van der Waals surface area contributed by atoms with Gasteiger partial charge in [0.15, 0.2) is 5.96 Å². The predicted octanol–water partition coefficient (Wildman–Crippen LogP) is 0.685. The Labute approximate surface area is 144 Å². The van der Waals surface area contributed by atoms with Crippen LogP contribution in [0.1, 0.15) is 24.4 Å². The van der Waals surface area contributed by atoms with E-state index >= 15 is 0 Å². The van der Waals surface area contributed by atoms with Gasteiger partial charge in [0, 0.05) is 59.4 Å². The summed E-state index contributed by atoms with van der Waals surface area (Å²) in [7, 11) is 3.54. The van der Waals surface area contributed by atoms with Crippen molar-refractivity contribution in [2.24, 2.45) is 4.99 Å². The Morgan fingerprint density at radius 3 is 3.17 bits per heavy atom. The molecule has 0 amide bonds. The third-order valence-corrected chi connectivity index (χ3v) is 4.63. The molecule has 1 aromatic heterocycles. The second kappa shape index (κ2) is 8.48. The molecule has 1 atom stereocenters. The van der Waals surface area contributed by atoms with Crippen LogP contribution in [0.3, 0.4) is 0 Å². The molecule has 0 aliphatic carbocycles. The topological polar surface area (TPSA) is 63.9 Å². The average molecular weight is 335 g/mol. The Balaban J connectivity index is 1.48. The number of hydrogen-bond acceptors (Lipinski definition) is 4. The summed E-state index contributed by atoms with van der Waals surface area (Å²) in [4.78, 5) is 11.4. The first-order valence-corrected chi connectivity index (χ1v) is 8.91. The summed E-state index contributed by atoms with van der Waals surface area (Å²) < 4.78 is 13.2. The fourth-order valence-corrected chi connectivity index (χ4v) is 3.43. The van der Waals surface area contributed by atoms with Crippen LogP contribution < -0.4 is 5.32 Å². The third-order valence-electron chi connectivity index (χ3n) is 4.63. The minimum atomic E-state index is 0.113. The Kier molecular flexibility index (Phi) is 6.09. The molecule has 2 aliphatic rings. The summed E-state index contributed by atoms with van der Waals surface area (Å²) in [5, 5.41) is 3.46. The summed E-state index contributed by atoms with van der Waals surface area (Å²) in [5.74, 6) is 2.18. The number of nitrogens with one attached hydrogen (secondary N) is 1. The number of nitrogens with zero attached hydrogens (tertiary/aromatic N) is 4. The number of hydrogen-bond donors (Lipinski definition) is 1. The molecule has 0 spiro atoms. The van der Waals surface area contributed by atoms with Gasteiger partial charge in [0.1, 0.15) is 5.82 Å². The van der Waals surface area contributed by atoms with E-state index in [4.69, 9.17) is 14.5 Å². The maximum Gasteiger partial charge on any atom is 0.193 e. The number of aliphatic imine (C=N–C) groups is 1. The van der Waals surface area contributed by atoms with Crippen LogP contribution in [0.2, 0.25) is 0 Å². The van der Waals surface area contributed by atoms with Crippen molar-refractivity contribution >= 4 is 5.96 Å². The van der Waals surface area contributed by atoms with E-state index < -0.39 is 0 Å². The number of ether oxygens (including phenoxy) is 2. The van der Waals surface area contributed by atoms with Crippen molar-refractivity contribution in [1.82, 2.24) is 19.8 Å². The monoisotopic (exact) mass is 335 g/mol. The van der Waals surface area contributed by atoms with Gasteiger partial charge < -0.3 is 24.3 Å². The van der Waals surface area contributed by atoms with E-state index in [1.165, 1.54) is 24.4 Å². The predicted molar refractivity (Wildman–Crippen MR) is 93.4 cm³/mol. The van der Waals surface area contributed by atoms with Crippen molar-refractivity contribution in [2.75, 3.05) is 47.0 Å². The van der Waals surface area contributed by atoms with Gasteiger partial charge in [-0.2, -0.15) is 0 Å². The maximum atomic E-state index is 5.70. The average Bonchev–Trinajstić information content (AvgIpc) is 3.02. The minimum Gasteiger partial charge on any atom is -0.382 e. The first kappa shape index (κ1) is 17.2. The van der Waals surface area contributed by atoms with Gasteiger partial charge in [0.05, 0.1) is 25.0 Å². The second-order valence-electron chi connectivity index (χ2n) is 6.42. The quantitative estimate of drug-likeness (QED) is 0.633. The van der Waals surface area contributed by atoms with Crippen LogP contribution in [-0.2, 0) is 28.9 Å². The van der Waals surface area contributed by atoms with Crippen LogP contribution in [0.5, 0.6) is 0 Å². The number of rotatable bonds is 5. The van der Waals surface area contributed by atoms with Gasteiger partial charge in [-0.3, -0.25) is 4.99 Å². The van der Waals surface area contributed by atoms with Gasteiger partial charge >= 0.3 is 0 Å². The Morgan fingerprint density at radius 1 is 1.46 bits per heavy atom. The molecule has 2 aliphatic heterocycles. The van der Waals surface area contributed by atoms with Crippen LogP contribution in [-0.4, -0.2) is 73.5 Å². The Morgan fingerprint density at radius 2 is 2.38 bits per heavy atom. The van der Waals surface area contributed by atoms with Crippen LogP contribution in [0.15, 0.2) is 11.2 Å². The Hall–Kier alpha value is -1.60. The van der Waals surface area contributed by atoms with E-state index in [-0.39, 0.29) is 6.10 Å². The van der Waals surface area contributed by atoms with Gasteiger partial charge in [-0.1, -0.05) is 0 Å². The summed E-state index contributed by atoms with van der Waals surface area (Å²) in [6.07, 6.45) is 6.90. The number of imidazole rings is 1. The van der Waals surface area contributed by atoms with Crippen LogP contribution in [0, 0.1) is 0 Å². The summed E-state index contributed by atoms with van der Waals surface area (Å²) >= 11 is 0. The molecule has 134 valence electrons. The highest BCUT2D eigenvalue weighted by Gasteiger charge is 2.22. The zero-order chi connectivity index (χ0) is 16.8. The summed E-state index contributed by atoms with van der Waals surface area (Å²) in [5.41, 5.74) is 1.18. The molecule has 1 fully saturated rings. The smallest absolute Gasteiger partial charge is 0.193 e. The standard InChI is InChI=1S/C17H29N5O2/c1-18-17(22-9-10-24-15(12-22)13-23-2)19-7-6-14-11-21-8-4-3-5-16(21)20-14/h11,15H,3-10,12-13H2,1-2H3,(H,18,19). The molecule has 1 unspecified atom stereocenters. The van der Waals surface area contributed by atoms with Crippen molar-refractivity contribution < 1.29 is 9.47 Å². The lowest BCUT2D eigenvalue weighted by molar-refractivity contribution is -0.0447. The first-order chi connectivity index (χ1) is 11.8. The minimum absolute atomic E-state index is 0.113. The second-order valence-corrected chi connectivity index (χ2v) is 6.42. The lowest BCUT2D eigenvalue weighted by Crippen LogP contribution is -2.51. The van der Waals surface area contributed by atoms with Gasteiger partial charge in [-0.05, 0) is 12.8 Å². The molecule has 0 saturated carbocycles. The molecule has 0 aromatic carbocycles. The van der Waals surface area contributed by atoms with Crippen molar-refractivity contribution in [3.8, 4) is 0 Å². The molecule has 24 heavy (non-hydrogen) atoms. The van der Waals surface area contributed by atoms with Crippen molar-refractivity contribution in [3.63, 3.8) is 0 Å². The van der Waals surface area contributed by atoms with E-state index in [0.29, 0.717) is 13.2 Å². The van der Waals surface area contributed by atoms with Gasteiger partial charge in [-0.15, -0.1) is 0 Å². The van der Waals surface area contributed by atoms with Crippen molar-refractivity contribution in [3.05, 3.63) is 17.7 Å². The van der Waals surface area contributed by atoms with Gasteiger partial charge in [0.2, 0.25) is 0 Å². The molecule has 3 heterocycles. The fraction of sp³-hybridized carbons (Fsp3) is 0.765. The van der Waals surface area contributed by atoms with Gasteiger partial charge in [-0.25, -0.2) is 4.98 Å². The van der Waals surface area contributed by atoms with Crippen molar-refractivity contribution in [2.45, 2.75) is 38.3 Å². The van der Waals surface area contributed by atoms with E-state index in [0.717, 1.165) is 45.0 Å². The highest BCUT2D eigenvalue weighted by Crippen LogP contribution is 2.14. The SMILES string of the molecule is CN=C(NCCc1cn2c(n1)CCCC2)N1CCOC(COC)C1. The maximum absolute atomic E-state index is 5.70. The number of aromatic nitrogens is 2. The number of aryl methyl sites for hydroxylation is 2. The zero-order valence-electron chi connectivity index (χ0n) is 14.8. The van der Waals surface area contributed by atoms with Crippen LogP contribution in [0.4, 0.5) is 0 Å². The lowest BCUT2D eigenvalue weighted by atomic mass is 10.2. The molecule has 1 aromatic rings. The van der Waals surface area contributed by atoms with E-state index in [9.17, 15) is 0 Å². The zero-order valence-corrected chi connectivity index (χ0v) is 14.8. The molecular weight excluding hydrogens is 306 g/mol. The summed E-state index contributed by atoms with van der Waals surface area (Å²) in [6.45, 7) is 4.96. The molecular formula is C17H29N5O2. The molecule has 7 nitrogen and oxygen atoms in total. The molecule has 0 bridgehead atoms. The van der Waals surface area contributed by atoms with E-state index in [1.54, 1.807) is 7.11 Å². The highest BCUT2D eigenvalue weighted by molar-refractivity contribution is 5.80. The molecule has 0 radical (unpaired) electrons. The van der Waals surface area contributed by atoms with E-state index in [2.05, 4.69) is 26.0 Å². The normalized spacial score (nSPS) is 21.7. The lowest BCUT2D eigenvalue weighted by Gasteiger charge is -2.34. The Bertz CT molecular complexity index is 532. The fourth-order valence-electron chi connectivity index (χ4n) is 3.43. The number of fused-ring (bicyclic) bond motifs is 1. The third kappa shape index (κ3) is 4.27. The highest BCUT2D eigenvalue weighted by atomic mass is 16.5. The number of morpholine rings is 1. The molecule has 7 heteroatoms. The first-order valence-electron chi connectivity index (χ1n) is 8.91.